The number of methoxy groups -OCH3 is 2. The predicted molar refractivity (Wildman–Crippen MR) is 109 cm³/mol. The summed E-state index contributed by atoms with van der Waals surface area (Å²) in [6.07, 6.45) is 0. The van der Waals surface area contributed by atoms with Crippen molar-refractivity contribution in [1.82, 2.24) is 5.32 Å². The minimum atomic E-state index is -0.485. The summed E-state index contributed by atoms with van der Waals surface area (Å²) < 4.78 is 10.5. The third-order valence-corrected chi connectivity index (χ3v) is 4.23. The van der Waals surface area contributed by atoms with Gasteiger partial charge in [-0.05, 0) is 35.8 Å². The second kappa shape index (κ2) is 7.92. The fourth-order valence-corrected chi connectivity index (χ4v) is 2.97. The van der Waals surface area contributed by atoms with E-state index in [-0.39, 0.29) is 16.4 Å². The number of hydrogen-bond acceptors (Lipinski definition) is 5. The van der Waals surface area contributed by atoms with Gasteiger partial charge in [-0.25, -0.2) is 0 Å². The molecule has 3 N–H and O–H groups in total. The van der Waals surface area contributed by atoms with Crippen molar-refractivity contribution in [2.24, 2.45) is 0 Å². The lowest BCUT2D eigenvalue weighted by Crippen LogP contribution is -2.34. The van der Waals surface area contributed by atoms with Crippen molar-refractivity contribution in [3.8, 4) is 17.2 Å². The van der Waals surface area contributed by atoms with Crippen LogP contribution < -0.4 is 20.1 Å². The molecule has 7 heteroatoms. The highest BCUT2D eigenvalue weighted by Gasteiger charge is 2.19. The average molecular weight is 382 g/mol. The number of aromatic hydroxyl groups is 1. The van der Waals surface area contributed by atoms with Crippen LogP contribution in [0.4, 0.5) is 5.69 Å². The molecule has 3 aromatic rings. The largest absolute Gasteiger partial charge is 0.506 e. The molecule has 0 atom stereocenters. The number of nitrogens with one attached hydrogen (secondary N) is 2. The number of carbonyl (C=O) groups is 1. The van der Waals surface area contributed by atoms with Gasteiger partial charge in [0.05, 0.1) is 19.9 Å². The fraction of sp³-hybridized carbons (Fsp3) is 0.100. The molecule has 1 amide bonds. The van der Waals surface area contributed by atoms with Crippen molar-refractivity contribution in [1.29, 1.82) is 0 Å². The van der Waals surface area contributed by atoms with Gasteiger partial charge in [0, 0.05) is 5.39 Å². The van der Waals surface area contributed by atoms with E-state index >= 15 is 0 Å². The van der Waals surface area contributed by atoms with Crippen molar-refractivity contribution in [3.05, 3.63) is 60.2 Å². The summed E-state index contributed by atoms with van der Waals surface area (Å²) in [5.74, 6) is 0.270. The summed E-state index contributed by atoms with van der Waals surface area (Å²) in [4.78, 5) is 12.7. The highest BCUT2D eigenvalue weighted by Crippen LogP contribution is 2.32. The monoisotopic (exact) mass is 382 g/mol. The molecule has 0 aliphatic rings. The Hall–Kier alpha value is -3.32. The van der Waals surface area contributed by atoms with Crippen molar-refractivity contribution in [2.75, 3.05) is 19.5 Å². The highest BCUT2D eigenvalue weighted by molar-refractivity contribution is 7.80. The molecule has 0 aliphatic heterocycles. The molecule has 0 fully saturated rings. The number of rotatable bonds is 4. The Bertz CT molecular complexity index is 998. The first-order chi connectivity index (χ1) is 13.0. The van der Waals surface area contributed by atoms with E-state index in [4.69, 9.17) is 21.7 Å². The maximum atomic E-state index is 12.7. The summed E-state index contributed by atoms with van der Waals surface area (Å²) in [5.41, 5.74) is 0.652. The molecule has 3 aromatic carbocycles. The van der Waals surface area contributed by atoms with Crippen LogP contribution in [0.3, 0.4) is 0 Å². The normalized spacial score (nSPS) is 10.3. The minimum absolute atomic E-state index is 0.0279. The third-order valence-electron chi connectivity index (χ3n) is 4.03. The van der Waals surface area contributed by atoms with Crippen LogP contribution in [-0.2, 0) is 0 Å². The molecule has 0 aromatic heterocycles. The lowest BCUT2D eigenvalue weighted by Gasteiger charge is -2.15. The van der Waals surface area contributed by atoms with Crippen LogP contribution in [0, 0.1) is 0 Å². The van der Waals surface area contributed by atoms with Crippen LogP contribution >= 0.6 is 12.2 Å². The van der Waals surface area contributed by atoms with E-state index in [0.29, 0.717) is 17.2 Å². The second-order valence-electron chi connectivity index (χ2n) is 5.63. The fourth-order valence-electron chi connectivity index (χ4n) is 2.78. The Balaban J connectivity index is 1.86. The van der Waals surface area contributed by atoms with Gasteiger partial charge in [0.2, 0.25) is 0 Å². The maximum Gasteiger partial charge on any atom is 0.264 e. The lowest BCUT2D eigenvalue weighted by molar-refractivity contribution is 0.0971. The van der Waals surface area contributed by atoms with Crippen molar-refractivity contribution >= 4 is 39.7 Å². The van der Waals surface area contributed by atoms with Gasteiger partial charge in [-0.2, -0.15) is 0 Å². The van der Waals surface area contributed by atoms with Gasteiger partial charge in [0.15, 0.2) is 5.11 Å². The van der Waals surface area contributed by atoms with E-state index in [1.165, 1.54) is 14.2 Å². The molecule has 0 saturated heterocycles. The number of thiocarbonyl (C=S) groups is 1. The Kier molecular flexibility index (Phi) is 5.42. The number of phenolic OH excluding ortho intramolecular Hbond substituents is 1. The standard InChI is InChI=1S/C20H18N2O4S/c1-25-15-8-5-9-16(26-2)17(15)19(24)22-20(27)21-18-13-7-4-3-6-12(13)10-11-14(18)23/h3-11,23H,1-2H3,(H2,21,22,24,27). The predicted octanol–water partition coefficient (Wildman–Crippen LogP) is 3.69. The van der Waals surface area contributed by atoms with Crippen LogP contribution in [0.1, 0.15) is 10.4 Å². The molecule has 0 aliphatic carbocycles. The number of amides is 1. The van der Waals surface area contributed by atoms with Gasteiger partial charge in [-0.1, -0.05) is 36.4 Å². The zero-order valence-corrected chi connectivity index (χ0v) is 15.6. The summed E-state index contributed by atoms with van der Waals surface area (Å²) in [6.45, 7) is 0. The Morgan fingerprint density at radius 3 is 2.30 bits per heavy atom. The SMILES string of the molecule is COc1cccc(OC)c1C(=O)NC(=S)Nc1c(O)ccc2ccccc12. The van der Waals surface area contributed by atoms with Crippen LogP contribution in [-0.4, -0.2) is 30.3 Å². The summed E-state index contributed by atoms with van der Waals surface area (Å²) in [7, 11) is 2.94. The van der Waals surface area contributed by atoms with Crippen LogP contribution in [0.15, 0.2) is 54.6 Å². The zero-order valence-electron chi connectivity index (χ0n) is 14.8. The molecule has 27 heavy (non-hydrogen) atoms. The van der Waals surface area contributed by atoms with Crippen LogP contribution in [0.2, 0.25) is 0 Å². The van der Waals surface area contributed by atoms with Crippen molar-refractivity contribution < 1.29 is 19.4 Å². The van der Waals surface area contributed by atoms with E-state index in [1.54, 1.807) is 30.3 Å². The van der Waals surface area contributed by atoms with E-state index < -0.39 is 5.91 Å². The first-order valence-corrected chi connectivity index (χ1v) is 8.50. The van der Waals surface area contributed by atoms with Crippen molar-refractivity contribution in [3.63, 3.8) is 0 Å². The topological polar surface area (TPSA) is 79.8 Å². The number of phenols is 1. The smallest absolute Gasteiger partial charge is 0.264 e. The van der Waals surface area contributed by atoms with Crippen LogP contribution in [0.5, 0.6) is 17.2 Å². The van der Waals surface area contributed by atoms with Gasteiger partial charge in [0.1, 0.15) is 22.8 Å². The number of carbonyl (C=O) groups excluding carboxylic acids is 1. The van der Waals surface area contributed by atoms with Gasteiger partial charge < -0.3 is 19.9 Å². The van der Waals surface area contributed by atoms with Gasteiger partial charge >= 0.3 is 0 Å². The average Bonchev–Trinajstić information content (AvgIpc) is 2.69. The summed E-state index contributed by atoms with van der Waals surface area (Å²) in [5, 5.41) is 17.4. The Labute approximate surface area is 161 Å². The molecule has 0 bridgehead atoms. The Morgan fingerprint density at radius 2 is 1.63 bits per heavy atom. The maximum absolute atomic E-state index is 12.7. The third kappa shape index (κ3) is 3.78. The zero-order chi connectivity index (χ0) is 19.4. The second-order valence-corrected chi connectivity index (χ2v) is 6.03. The molecule has 0 saturated carbocycles. The number of ether oxygens (including phenoxy) is 2. The molecule has 0 unspecified atom stereocenters. The number of benzene rings is 3. The van der Waals surface area contributed by atoms with E-state index in [1.807, 2.05) is 24.3 Å². The van der Waals surface area contributed by atoms with E-state index in [9.17, 15) is 9.90 Å². The summed E-state index contributed by atoms with van der Waals surface area (Å²) in [6, 6.07) is 15.9. The van der Waals surface area contributed by atoms with E-state index in [2.05, 4.69) is 10.6 Å². The van der Waals surface area contributed by atoms with Gasteiger partial charge in [-0.15, -0.1) is 0 Å². The molecule has 0 radical (unpaired) electrons. The van der Waals surface area contributed by atoms with Crippen LogP contribution in [0.25, 0.3) is 10.8 Å². The molecule has 0 heterocycles. The lowest BCUT2D eigenvalue weighted by atomic mass is 10.1. The van der Waals surface area contributed by atoms with Gasteiger partial charge in [0.25, 0.3) is 5.91 Å². The number of anilines is 1. The Morgan fingerprint density at radius 1 is 0.963 bits per heavy atom. The number of hydrogen-bond donors (Lipinski definition) is 3. The van der Waals surface area contributed by atoms with E-state index in [0.717, 1.165) is 10.8 Å². The van der Waals surface area contributed by atoms with Gasteiger partial charge in [-0.3, -0.25) is 10.1 Å². The molecular formula is C20H18N2O4S. The van der Waals surface area contributed by atoms with Crippen molar-refractivity contribution in [2.45, 2.75) is 0 Å². The molecule has 6 nitrogen and oxygen atoms in total. The first kappa shape index (κ1) is 18.5. The minimum Gasteiger partial charge on any atom is -0.506 e. The molecule has 3 rings (SSSR count). The first-order valence-electron chi connectivity index (χ1n) is 8.09. The quantitative estimate of drug-likeness (QED) is 0.472. The molecule has 138 valence electrons. The number of fused-ring (bicyclic) bond motifs is 1. The summed E-state index contributed by atoms with van der Waals surface area (Å²) >= 11 is 5.26. The molecular weight excluding hydrogens is 364 g/mol. The highest BCUT2D eigenvalue weighted by atomic mass is 32.1. The molecule has 0 spiro atoms.